The summed E-state index contributed by atoms with van der Waals surface area (Å²) in [4.78, 5) is 32.3. The average molecular weight is 245 g/mol. The lowest BCUT2D eigenvalue weighted by atomic mass is 10.1. The van der Waals surface area contributed by atoms with Crippen LogP contribution >= 0.6 is 0 Å². The van der Waals surface area contributed by atoms with Crippen LogP contribution in [0.3, 0.4) is 0 Å². The number of carboxylic acids is 1. The molecular formula is C10H19N3O4. The molecule has 0 heterocycles. The second kappa shape index (κ2) is 8.51. The Kier molecular flexibility index (Phi) is 7.70. The topological polar surface area (TPSA) is 122 Å². The van der Waals surface area contributed by atoms with Gasteiger partial charge in [0.15, 0.2) is 0 Å². The fourth-order valence-corrected chi connectivity index (χ4v) is 1.21. The molecule has 7 heteroatoms. The predicted octanol–water partition coefficient (Wildman–Crippen LogP) is -1.18. The maximum Gasteiger partial charge on any atom is 0.303 e. The quantitative estimate of drug-likeness (QED) is 0.429. The minimum atomic E-state index is -0.848. The molecule has 0 aromatic carbocycles. The van der Waals surface area contributed by atoms with Crippen molar-refractivity contribution in [1.82, 2.24) is 10.6 Å². The number of carbonyl (C=O) groups is 3. The van der Waals surface area contributed by atoms with Crippen LogP contribution in [-0.2, 0) is 14.4 Å². The normalized spacial score (nSPS) is 11.6. The summed E-state index contributed by atoms with van der Waals surface area (Å²) < 4.78 is 0. The second-order valence-electron chi connectivity index (χ2n) is 3.74. The van der Waals surface area contributed by atoms with E-state index in [0.717, 1.165) is 0 Å². The lowest BCUT2D eigenvalue weighted by Gasteiger charge is -2.13. The third kappa shape index (κ3) is 9.31. The van der Waals surface area contributed by atoms with Crippen LogP contribution in [0.1, 0.15) is 26.2 Å². The number of nitrogens with two attached hydrogens (primary N) is 1. The lowest BCUT2D eigenvalue weighted by Crippen LogP contribution is -2.42. The highest BCUT2D eigenvalue weighted by molar-refractivity contribution is 5.85. The molecule has 1 unspecified atom stereocenters. The van der Waals surface area contributed by atoms with Crippen LogP contribution in [0, 0.1) is 0 Å². The van der Waals surface area contributed by atoms with Crippen LogP contribution in [0.4, 0.5) is 0 Å². The van der Waals surface area contributed by atoms with Crippen LogP contribution in [0.5, 0.6) is 0 Å². The molecule has 0 rings (SSSR count). The molecule has 7 nitrogen and oxygen atoms in total. The summed E-state index contributed by atoms with van der Waals surface area (Å²) in [5.74, 6) is -1.55. The third-order valence-corrected chi connectivity index (χ3v) is 2.07. The third-order valence-electron chi connectivity index (χ3n) is 2.07. The zero-order valence-electron chi connectivity index (χ0n) is 9.86. The van der Waals surface area contributed by atoms with E-state index in [1.807, 2.05) is 0 Å². The Morgan fingerprint density at radius 3 is 2.47 bits per heavy atom. The first-order chi connectivity index (χ1) is 7.95. The Hall–Kier alpha value is -1.63. The predicted molar refractivity (Wildman–Crippen MR) is 61.2 cm³/mol. The molecule has 98 valence electrons. The number of amides is 2. The first kappa shape index (κ1) is 15.4. The maximum absolute atomic E-state index is 11.3. The van der Waals surface area contributed by atoms with Gasteiger partial charge in [0.1, 0.15) is 0 Å². The molecule has 0 fully saturated rings. The van der Waals surface area contributed by atoms with Gasteiger partial charge in [0, 0.05) is 12.5 Å². The van der Waals surface area contributed by atoms with E-state index >= 15 is 0 Å². The number of hydrogen-bond donors (Lipinski definition) is 4. The van der Waals surface area contributed by atoms with Crippen molar-refractivity contribution in [2.45, 2.75) is 32.2 Å². The average Bonchev–Trinajstić information content (AvgIpc) is 2.25. The Morgan fingerprint density at radius 2 is 1.94 bits per heavy atom. The van der Waals surface area contributed by atoms with Crippen molar-refractivity contribution in [3.63, 3.8) is 0 Å². The Bertz CT molecular complexity index is 281. The second-order valence-corrected chi connectivity index (χ2v) is 3.74. The van der Waals surface area contributed by atoms with E-state index in [0.29, 0.717) is 12.8 Å². The summed E-state index contributed by atoms with van der Waals surface area (Å²) in [6.45, 7) is 1.52. The molecular weight excluding hydrogens is 226 g/mol. The highest BCUT2D eigenvalue weighted by Gasteiger charge is 2.08. The molecule has 1 atom stereocenters. The molecule has 0 radical (unpaired) electrons. The Balaban J connectivity index is 3.65. The fourth-order valence-electron chi connectivity index (χ4n) is 1.21. The van der Waals surface area contributed by atoms with E-state index in [-0.39, 0.29) is 31.5 Å². The largest absolute Gasteiger partial charge is 0.481 e. The molecule has 0 spiro atoms. The van der Waals surface area contributed by atoms with Crippen LogP contribution in [0.2, 0.25) is 0 Å². The molecule has 0 aromatic rings. The number of carboxylic acid groups (broad SMARTS) is 1. The minimum absolute atomic E-state index is 0.0874. The van der Waals surface area contributed by atoms with Crippen molar-refractivity contribution in [3.8, 4) is 0 Å². The van der Waals surface area contributed by atoms with Crippen molar-refractivity contribution >= 4 is 17.8 Å². The van der Waals surface area contributed by atoms with Gasteiger partial charge in [0.2, 0.25) is 11.8 Å². The lowest BCUT2D eigenvalue weighted by molar-refractivity contribution is -0.137. The molecule has 0 bridgehead atoms. The first-order valence-electron chi connectivity index (χ1n) is 5.43. The van der Waals surface area contributed by atoms with Crippen LogP contribution in [-0.4, -0.2) is 42.0 Å². The van der Waals surface area contributed by atoms with Gasteiger partial charge >= 0.3 is 5.97 Å². The highest BCUT2D eigenvalue weighted by Crippen LogP contribution is 1.99. The zero-order valence-corrected chi connectivity index (χ0v) is 9.86. The van der Waals surface area contributed by atoms with Crippen molar-refractivity contribution in [2.75, 3.05) is 13.1 Å². The van der Waals surface area contributed by atoms with E-state index in [2.05, 4.69) is 10.6 Å². The van der Waals surface area contributed by atoms with E-state index in [1.165, 1.54) is 0 Å². The number of nitrogens with one attached hydrogen (secondary N) is 2. The molecule has 17 heavy (non-hydrogen) atoms. The highest BCUT2D eigenvalue weighted by atomic mass is 16.4. The summed E-state index contributed by atoms with van der Waals surface area (Å²) in [7, 11) is 0. The number of rotatable bonds is 8. The van der Waals surface area contributed by atoms with E-state index in [9.17, 15) is 14.4 Å². The summed E-state index contributed by atoms with van der Waals surface area (Å²) in [5.41, 5.74) is 5.05. The molecule has 5 N–H and O–H groups in total. The number of carbonyl (C=O) groups excluding carboxylic acids is 2. The van der Waals surface area contributed by atoms with Gasteiger partial charge in [-0.25, -0.2) is 0 Å². The summed E-state index contributed by atoms with van der Waals surface area (Å²) in [5, 5.41) is 13.4. The molecule has 0 aliphatic heterocycles. The monoisotopic (exact) mass is 245 g/mol. The van der Waals surface area contributed by atoms with Crippen molar-refractivity contribution in [2.24, 2.45) is 5.73 Å². The molecule has 0 saturated heterocycles. The van der Waals surface area contributed by atoms with E-state index in [1.54, 1.807) is 6.92 Å². The number of aliphatic carboxylic acids is 1. The van der Waals surface area contributed by atoms with Gasteiger partial charge in [-0.3, -0.25) is 14.4 Å². The van der Waals surface area contributed by atoms with Crippen molar-refractivity contribution in [3.05, 3.63) is 0 Å². The van der Waals surface area contributed by atoms with E-state index in [4.69, 9.17) is 10.8 Å². The van der Waals surface area contributed by atoms with E-state index < -0.39 is 11.9 Å². The van der Waals surface area contributed by atoms with Gasteiger partial charge in [0.25, 0.3) is 0 Å². The SMILES string of the molecule is CC(CCCC(=O)O)NC(=O)CNC(=O)CN. The van der Waals surface area contributed by atoms with Crippen LogP contribution in [0.25, 0.3) is 0 Å². The summed E-state index contributed by atoms with van der Waals surface area (Å²) >= 11 is 0. The zero-order chi connectivity index (χ0) is 13.3. The van der Waals surface area contributed by atoms with Gasteiger partial charge in [-0.2, -0.15) is 0 Å². The Morgan fingerprint density at radius 1 is 1.29 bits per heavy atom. The van der Waals surface area contributed by atoms with Gasteiger partial charge < -0.3 is 21.5 Å². The number of hydrogen-bond acceptors (Lipinski definition) is 4. The molecule has 2 amide bonds. The van der Waals surface area contributed by atoms with Gasteiger partial charge in [0.05, 0.1) is 13.1 Å². The van der Waals surface area contributed by atoms with Crippen molar-refractivity contribution in [1.29, 1.82) is 0 Å². The minimum Gasteiger partial charge on any atom is -0.481 e. The molecule has 0 aliphatic rings. The summed E-state index contributed by atoms with van der Waals surface area (Å²) in [6.07, 6.45) is 1.18. The van der Waals surface area contributed by atoms with Crippen molar-refractivity contribution < 1.29 is 19.5 Å². The molecule has 0 aromatic heterocycles. The smallest absolute Gasteiger partial charge is 0.303 e. The maximum atomic E-state index is 11.3. The van der Waals surface area contributed by atoms with Gasteiger partial charge in [-0.15, -0.1) is 0 Å². The fraction of sp³-hybridized carbons (Fsp3) is 0.700. The first-order valence-corrected chi connectivity index (χ1v) is 5.43. The molecule has 0 aliphatic carbocycles. The van der Waals surface area contributed by atoms with Gasteiger partial charge in [-0.05, 0) is 19.8 Å². The Labute approximate surface area is 99.7 Å². The standard InChI is InChI=1S/C10H19N3O4/c1-7(3-2-4-10(16)17)13-9(15)6-12-8(14)5-11/h7H,2-6,11H2,1H3,(H,12,14)(H,13,15)(H,16,17). The summed E-state index contributed by atoms with van der Waals surface area (Å²) in [6, 6.07) is -0.114. The molecule has 0 saturated carbocycles. The van der Waals surface area contributed by atoms with Gasteiger partial charge in [-0.1, -0.05) is 0 Å². The van der Waals surface area contributed by atoms with Crippen LogP contribution < -0.4 is 16.4 Å². The van der Waals surface area contributed by atoms with Crippen LogP contribution in [0.15, 0.2) is 0 Å².